The molecule has 0 atom stereocenters. The number of hydrogen-bond acceptors (Lipinski definition) is 1. The van der Waals surface area contributed by atoms with E-state index in [1.165, 1.54) is 42.4 Å². The number of hydrogen-bond donors (Lipinski definition) is 0. The van der Waals surface area contributed by atoms with Gasteiger partial charge in [-0.15, -0.1) is 6.58 Å². The number of ether oxygens (including phenoxy) is 1. The lowest BCUT2D eigenvalue weighted by atomic mass is 9.78. The summed E-state index contributed by atoms with van der Waals surface area (Å²) in [6, 6.07) is 22.8. The van der Waals surface area contributed by atoms with Crippen molar-refractivity contribution in [2.45, 2.75) is 51.6 Å². The van der Waals surface area contributed by atoms with Crippen molar-refractivity contribution >= 4 is 0 Å². The van der Waals surface area contributed by atoms with Crippen LogP contribution in [0.4, 0.5) is 4.39 Å². The second kappa shape index (κ2) is 10.7. The van der Waals surface area contributed by atoms with Crippen molar-refractivity contribution in [3.05, 3.63) is 96.3 Å². The molecule has 0 aliphatic heterocycles. The van der Waals surface area contributed by atoms with Gasteiger partial charge in [0.2, 0.25) is 0 Å². The summed E-state index contributed by atoms with van der Waals surface area (Å²) in [4.78, 5) is 0. The maximum absolute atomic E-state index is 14.5. The van der Waals surface area contributed by atoms with Crippen LogP contribution >= 0.6 is 0 Å². The monoisotopic (exact) mass is 428 g/mol. The first kappa shape index (κ1) is 22.5. The van der Waals surface area contributed by atoms with Crippen LogP contribution in [0.3, 0.4) is 0 Å². The fourth-order valence-electron chi connectivity index (χ4n) is 4.66. The van der Waals surface area contributed by atoms with E-state index in [1.54, 1.807) is 6.07 Å². The van der Waals surface area contributed by atoms with Crippen LogP contribution < -0.4 is 0 Å². The molecule has 2 heteroatoms. The third kappa shape index (κ3) is 5.37. The molecular formula is C30H33FO. The highest BCUT2D eigenvalue weighted by Crippen LogP contribution is 2.37. The SMILES string of the molecule is C=CC1CCC(c2ccc(-c3ccc(-c4ccc(COCCC)c(F)c4)cc3)cc2)CC1. The molecule has 3 aromatic rings. The quantitative estimate of drug-likeness (QED) is 0.258. The summed E-state index contributed by atoms with van der Waals surface area (Å²) in [5, 5.41) is 0. The van der Waals surface area contributed by atoms with Gasteiger partial charge in [-0.1, -0.05) is 73.7 Å². The Morgan fingerprint density at radius 2 is 1.41 bits per heavy atom. The van der Waals surface area contributed by atoms with Gasteiger partial charge in [0.1, 0.15) is 5.82 Å². The predicted octanol–water partition coefficient (Wildman–Crippen LogP) is 8.55. The zero-order chi connectivity index (χ0) is 22.3. The van der Waals surface area contributed by atoms with E-state index < -0.39 is 0 Å². The lowest BCUT2D eigenvalue weighted by molar-refractivity contribution is 0.119. The minimum absolute atomic E-state index is 0.208. The summed E-state index contributed by atoms with van der Waals surface area (Å²) in [6.45, 7) is 6.98. The van der Waals surface area contributed by atoms with Gasteiger partial charge in [0.25, 0.3) is 0 Å². The maximum Gasteiger partial charge on any atom is 0.129 e. The molecule has 1 fully saturated rings. The molecule has 0 amide bonds. The third-order valence-corrected chi connectivity index (χ3v) is 6.70. The highest BCUT2D eigenvalue weighted by molar-refractivity contribution is 5.70. The van der Waals surface area contributed by atoms with E-state index in [-0.39, 0.29) is 5.82 Å². The predicted molar refractivity (Wildman–Crippen MR) is 132 cm³/mol. The lowest BCUT2D eigenvalue weighted by Crippen LogP contribution is -2.11. The van der Waals surface area contributed by atoms with Gasteiger partial charge >= 0.3 is 0 Å². The van der Waals surface area contributed by atoms with Crippen molar-refractivity contribution in [3.63, 3.8) is 0 Å². The van der Waals surface area contributed by atoms with Crippen molar-refractivity contribution in [2.75, 3.05) is 6.61 Å². The molecule has 166 valence electrons. The fourth-order valence-corrected chi connectivity index (χ4v) is 4.66. The Morgan fingerprint density at radius 3 is 1.97 bits per heavy atom. The van der Waals surface area contributed by atoms with Crippen molar-refractivity contribution in [1.82, 2.24) is 0 Å². The Balaban J connectivity index is 1.42. The topological polar surface area (TPSA) is 9.23 Å². The molecule has 1 aliphatic rings. The lowest BCUT2D eigenvalue weighted by Gasteiger charge is -2.27. The summed E-state index contributed by atoms with van der Waals surface area (Å²) in [7, 11) is 0. The van der Waals surface area contributed by atoms with Crippen LogP contribution in [0.25, 0.3) is 22.3 Å². The Morgan fingerprint density at radius 1 is 0.844 bits per heavy atom. The summed E-state index contributed by atoms with van der Waals surface area (Å²) in [6.07, 6.45) is 8.07. The smallest absolute Gasteiger partial charge is 0.129 e. The third-order valence-electron chi connectivity index (χ3n) is 6.70. The Bertz CT molecular complexity index is 1010. The molecule has 0 radical (unpaired) electrons. The van der Waals surface area contributed by atoms with Gasteiger partial charge in [0, 0.05) is 12.2 Å². The first-order valence-electron chi connectivity index (χ1n) is 11.9. The second-order valence-corrected chi connectivity index (χ2v) is 8.91. The molecule has 0 N–H and O–H groups in total. The van der Waals surface area contributed by atoms with E-state index in [0.717, 1.165) is 17.5 Å². The van der Waals surface area contributed by atoms with Gasteiger partial charge in [-0.25, -0.2) is 4.39 Å². The highest BCUT2D eigenvalue weighted by atomic mass is 19.1. The summed E-state index contributed by atoms with van der Waals surface area (Å²) in [5.41, 5.74) is 6.36. The second-order valence-electron chi connectivity index (χ2n) is 8.91. The average Bonchev–Trinajstić information content (AvgIpc) is 2.85. The molecule has 0 heterocycles. The van der Waals surface area contributed by atoms with Crippen LogP contribution in [-0.4, -0.2) is 6.61 Å². The molecular weight excluding hydrogens is 395 g/mol. The van der Waals surface area contributed by atoms with Crippen molar-refractivity contribution in [3.8, 4) is 22.3 Å². The van der Waals surface area contributed by atoms with E-state index in [4.69, 9.17) is 4.74 Å². The van der Waals surface area contributed by atoms with E-state index in [1.807, 2.05) is 19.1 Å². The minimum Gasteiger partial charge on any atom is -0.377 e. The van der Waals surface area contributed by atoms with E-state index in [9.17, 15) is 4.39 Å². The van der Waals surface area contributed by atoms with E-state index >= 15 is 0 Å². The normalized spacial score (nSPS) is 18.4. The van der Waals surface area contributed by atoms with Crippen molar-refractivity contribution in [2.24, 2.45) is 5.92 Å². The van der Waals surface area contributed by atoms with E-state index in [2.05, 4.69) is 61.2 Å². The highest BCUT2D eigenvalue weighted by Gasteiger charge is 2.20. The standard InChI is InChI=1S/C30H33FO/c1-3-19-32-21-29-18-17-28(20-30(29)31)27-15-13-26(14-16-27)25-11-9-24(10-12-25)23-7-5-22(4-2)6-8-23/h4,9-18,20,22-23H,2-3,5-8,19,21H2,1H3. The molecule has 0 saturated heterocycles. The molecule has 32 heavy (non-hydrogen) atoms. The summed E-state index contributed by atoms with van der Waals surface area (Å²) in [5.74, 6) is 1.16. The molecule has 4 rings (SSSR count). The molecule has 0 aromatic heterocycles. The summed E-state index contributed by atoms with van der Waals surface area (Å²) >= 11 is 0. The Labute approximate surface area is 192 Å². The van der Waals surface area contributed by atoms with Crippen LogP contribution in [-0.2, 0) is 11.3 Å². The zero-order valence-electron chi connectivity index (χ0n) is 19.0. The number of benzene rings is 3. The Kier molecular flexibility index (Phi) is 7.55. The van der Waals surface area contributed by atoms with Gasteiger partial charge in [0.15, 0.2) is 0 Å². The largest absolute Gasteiger partial charge is 0.377 e. The molecule has 1 nitrogen and oxygen atoms in total. The minimum atomic E-state index is -0.208. The van der Waals surface area contributed by atoms with Crippen LogP contribution in [0.15, 0.2) is 79.4 Å². The zero-order valence-corrected chi connectivity index (χ0v) is 19.0. The number of halogens is 1. The van der Waals surface area contributed by atoms with Crippen LogP contribution in [0.5, 0.6) is 0 Å². The number of rotatable bonds is 8. The Hall–Kier alpha value is -2.71. The summed E-state index contributed by atoms with van der Waals surface area (Å²) < 4.78 is 19.9. The molecule has 1 saturated carbocycles. The van der Waals surface area contributed by atoms with Crippen molar-refractivity contribution < 1.29 is 9.13 Å². The molecule has 3 aromatic carbocycles. The first-order chi connectivity index (χ1) is 15.7. The van der Waals surface area contributed by atoms with Gasteiger partial charge in [-0.05, 0) is 77.8 Å². The maximum atomic E-state index is 14.5. The van der Waals surface area contributed by atoms with Gasteiger partial charge in [-0.2, -0.15) is 0 Å². The molecule has 0 spiro atoms. The first-order valence-corrected chi connectivity index (χ1v) is 11.9. The van der Waals surface area contributed by atoms with Crippen LogP contribution in [0, 0.1) is 11.7 Å². The van der Waals surface area contributed by atoms with Crippen LogP contribution in [0.2, 0.25) is 0 Å². The molecule has 0 unspecified atom stereocenters. The van der Waals surface area contributed by atoms with Gasteiger partial charge in [0.05, 0.1) is 6.61 Å². The van der Waals surface area contributed by atoms with E-state index in [0.29, 0.717) is 30.6 Å². The fraction of sp³-hybridized carbons (Fsp3) is 0.333. The molecule has 0 bridgehead atoms. The van der Waals surface area contributed by atoms with Gasteiger partial charge in [-0.3, -0.25) is 0 Å². The number of allylic oxidation sites excluding steroid dienone is 1. The molecule has 1 aliphatic carbocycles. The van der Waals surface area contributed by atoms with Crippen LogP contribution in [0.1, 0.15) is 56.1 Å². The average molecular weight is 429 g/mol. The van der Waals surface area contributed by atoms with Crippen molar-refractivity contribution in [1.29, 1.82) is 0 Å². The van der Waals surface area contributed by atoms with Gasteiger partial charge < -0.3 is 4.74 Å².